The van der Waals surface area contributed by atoms with E-state index in [0.29, 0.717) is 51.4 Å². The standard InChI is InChI=1S/C46H60ClF2N7O8S/c1-8-26-17-46(26,41(59)60)54-39(57)33-15-29(19-56(33)40(58)38(44(4,5)6)53-43(61)64-28-10-9-24-13-25(24)14-28)63-35-16-31(32-21-65-42(52-32)50-23(2)3)51-37-30(35)11-12-34(36(37)47)62-20-27-18-45(48,49)22-55(27)7/h11-12,16,21,23-29,33,38H,8-10,13-15,17-20,22H2,1-7H3,(H,50,52)(H,53,61)(H,54,57)(H,59,60)/t24?,25-,26+,27-,28+,29+,33-,38+,46+/m0/s1. The van der Waals surface area contributed by atoms with Crippen molar-refractivity contribution in [2.24, 2.45) is 23.2 Å². The van der Waals surface area contributed by atoms with Crippen LogP contribution in [0.4, 0.5) is 18.7 Å². The lowest BCUT2D eigenvalue weighted by molar-refractivity contribution is -0.146. The van der Waals surface area contributed by atoms with Gasteiger partial charge in [-0.15, -0.1) is 11.3 Å². The molecule has 0 spiro atoms. The van der Waals surface area contributed by atoms with E-state index in [1.54, 1.807) is 30.1 Å². The fraction of sp³-hybridized carbons (Fsp3) is 0.652. The number of benzene rings is 1. The molecule has 5 aliphatic rings. The zero-order chi connectivity index (χ0) is 46.7. The first kappa shape index (κ1) is 47.0. The van der Waals surface area contributed by atoms with Crippen molar-refractivity contribution in [3.63, 3.8) is 0 Å². The highest BCUT2D eigenvalue weighted by Gasteiger charge is 2.61. The van der Waals surface area contributed by atoms with Gasteiger partial charge in [0.2, 0.25) is 11.8 Å². The summed E-state index contributed by atoms with van der Waals surface area (Å²) < 4.78 is 47.1. The van der Waals surface area contributed by atoms with Gasteiger partial charge < -0.3 is 40.2 Å². The number of hydrogen-bond donors (Lipinski definition) is 4. The van der Waals surface area contributed by atoms with E-state index in [1.165, 1.54) is 16.2 Å². The lowest BCUT2D eigenvalue weighted by Gasteiger charge is -2.35. The van der Waals surface area contributed by atoms with Crippen molar-refractivity contribution in [2.75, 3.05) is 32.1 Å². The Bertz CT molecular complexity index is 2330. The summed E-state index contributed by atoms with van der Waals surface area (Å²) in [6.45, 7) is 10.8. The SMILES string of the molecule is CC[C@@H]1C[C@]1(NC(=O)[C@@H]1C[C@@H](Oc2cc(-c3csc(NC(C)C)n3)nc3c(Cl)c(OC[C@@H]4CC(F)(F)CN4C)ccc23)CN1C(=O)[C@@H](NC(=O)O[C@@H]1CCC2C[C@H]2C1)C(C)(C)C)C(=O)O. The Balaban J connectivity index is 1.10. The number of nitrogens with one attached hydrogen (secondary N) is 3. The number of alkyl carbamates (subject to hydrolysis) is 1. The van der Waals surface area contributed by atoms with Crippen LogP contribution in [0.15, 0.2) is 23.6 Å². The summed E-state index contributed by atoms with van der Waals surface area (Å²) in [5, 5.41) is 22.3. The molecule has 354 valence electrons. The number of likely N-dealkylation sites (N-methyl/N-ethyl adjacent to an activating group) is 1. The smallest absolute Gasteiger partial charge is 0.408 e. The molecule has 19 heteroatoms. The number of fused-ring (bicyclic) bond motifs is 2. The number of likely N-dealkylation sites (tertiary alicyclic amines) is 2. The minimum Gasteiger partial charge on any atom is -0.490 e. The molecule has 1 aromatic carbocycles. The molecule has 0 radical (unpaired) electrons. The summed E-state index contributed by atoms with van der Waals surface area (Å²) in [5.74, 6) is -3.58. The predicted octanol–water partition coefficient (Wildman–Crippen LogP) is 7.60. The Kier molecular flexibility index (Phi) is 12.9. The molecule has 4 heterocycles. The topological polar surface area (TPSA) is 185 Å². The number of aromatic nitrogens is 2. The number of carboxylic acids is 1. The molecule has 3 amide bonds. The summed E-state index contributed by atoms with van der Waals surface area (Å²) in [5.41, 5.74) is -1.06. The van der Waals surface area contributed by atoms with E-state index in [2.05, 4.69) is 16.0 Å². The number of carbonyl (C=O) groups is 4. The van der Waals surface area contributed by atoms with Crippen LogP contribution in [0.5, 0.6) is 11.5 Å². The Morgan fingerprint density at radius 3 is 2.45 bits per heavy atom. The van der Waals surface area contributed by atoms with Crippen molar-refractivity contribution in [2.45, 2.75) is 141 Å². The molecule has 3 aliphatic carbocycles. The number of ether oxygens (including phenoxy) is 3. The molecular weight excluding hydrogens is 884 g/mol. The minimum absolute atomic E-state index is 0.0111. The van der Waals surface area contributed by atoms with E-state index in [-0.39, 0.29) is 67.8 Å². The number of aliphatic carboxylic acids is 1. The van der Waals surface area contributed by atoms with Gasteiger partial charge in [0.1, 0.15) is 58.7 Å². The van der Waals surface area contributed by atoms with Gasteiger partial charge in [-0.2, -0.15) is 0 Å². The van der Waals surface area contributed by atoms with Crippen LogP contribution in [0.2, 0.25) is 5.02 Å². The Morgan fingerprint density at radius 2 is 1.80 bits per heavy atom. The first-order valence-electron chi connectivity index (χ1n) is 22.7. The second-order valence-corrected chi connectivity index (χ2v) is 21.4. The summed E-state index contributed by atoms with van der Waals surface area (Å²) in [7, 11) is 1.63. The molecule has 2 saturated heterocycles. The third-order valence-electron chi connectivity index (χ3n) is 13.7. The van der Waals surface area contributed by atoms with Crippen LogP contribution in [-0.2, 0) is 19.1 Å². The molecule has 15 nitrogen and oxygen atoms in total. The molecule has 65 heavy (non-hydrogen) atoms. The minimum atomic E-state index is -2.83. The van der Waals surface area contributed by atoms with Crippen LogP contribution in [-0.4, -0.2) is 123 Å². The van der Waals surface area contributed by atoms with Gasteiger partial charge in [0, 0.05) is 41.8 Å². The third-order valence-corrected chi connectivity index (χ3v) is 14.8. The number of carbonyl (C=O) groups excluding carboxylic acids is 3. The van der Waals surface area contributed by atoms with E-state index in [4.69, 9.17) is 35.8 Å². The largest absolute Gasteiger partial charge is 0.490 e. The Labute approximate surface area is 386 Å². The number of anilines is 1. The number of rotatable bonds is 15. The molecule has 2 aliphatic heterocycles. The highest BCUT2D eigenvalue weighted by atomic mass is 35.5. The fourth-order valence-corrected chi connectivity index (χ4v) is 11.0. The lowest BCUT2D eigenvalue weighted by atomic mass is 9.85. The van der Waals surface area contributed by atoms with E-state index in [9.17, 15) is 33.1 Å². The predicted molar refractivity (Wildman–Crippen MR) is 242 cm³/mol. The van der Waals surface area contributed by atoms with Gasteiger partial charge in [-0.05, 0) is 88.3 Å². The number of hydrogen-bond acceptors (Lipinski definition) is 12. The van der Waals surface area contributed by atoms with Gasteiger partial charge in [0.15, 0.2) is 5.13 Å². The molecule has 9 atom stereocenters. The van der Waals surface area contributed by atoms with Gasteiger partial charge in [0.25, 0.3) is 5.92 Å². The zero-order valence-electron chi connectivity index (χ0n) is 37.9. The van der Waals surface area contributed by atoms with Crippen LogP contribution in [0, 0.1) is 23.2 Å². The second kappa shape index (κ2) is 17.9. The molecule has 0 bridgehead atoms. The Morgan fingerprint density at radius 1 is 1.03 bits per heavy atom. The molecule has 3 saturated carbocycles. The van der Waals surface area contributed by atoms with Gasteiger partial charge in [-0.1, -0.05) is 45.7 Å². The number of carboxylic acid groups (broad SMARTS) is 1. The molecule has 5 fully saturated rings. The maximum atomic E-state index is 14.9. The van der Waals surface area contributed by atoms with Crippen molar-refractivity contribution in [1.82, 2.24) is 30.4 Å². The highest BCUT2D eigenvalue weighted by molar-refractivity contribution is 7.14. The molecule has 8 rings (SSSR count). The van der Waals surface area contributed by atoms with E-state index >= 15 is 0 Å². The first-order valence-corrected chi connectivity index (χ1v) is 24.0. The maximum absolute atomic E-state index is 14.9. The number of amides is 3. The third kappa shape index (κ3) is 10.1. The van der Waals surface area contributed by atoms with Crippen LogP contribution < -0.4 is 25.4 Å². The summed E-state index contributed by atoms with van der Waals surface area (Å²) in [4.78, 5) is 67.8. The number of nitrogens with zero attached hydrogens (tertiary/aromatic N) is 4. The summed E-state index contributed by atoms with van der Waals surface area (Å²) in [6, 6.07) is 2.36. The molecule has 3 aromatic rings. The molecule has 2 aromatic heterocycles. The van der Waals surface area contributed by atoms with Gasteiger partial charge in [0.05, 0.1) is 24.3 Å². The summed E-state index contributed by atoms with van der Waals surface area (Å²) in [6.07, 6.45) is 2.42. The van der Waals surface area contributed by atoms with Crippen molar-refractivity contribution < 1.29 is 47.3 Å². The van der Waals surface area contributed by atoms with Crippen molar-refractivity contribution >= 4 is 62.8 Å². The zero-order valence-corrected chi connectivity index (χ0v) is 39.5. The number of thiazole rings is 1. The van der Waals surface area contributed by atoms with Crippen LogP contribution in [0.1, 0.15) is 92.9 Å². The molecule has 1 unspecified atom stereocenters. The average molecular weight is 945 g/mol. The number of halogens is 3. The first-order chi connectivity index (χ1) is 30.6. The van der Waals surface area contributed by atoms with Crippen LogP contribution in [0.3, 0.4) is 0 Å². The average Bonchev–Trinajstić information content (AvgIpc) is 4.00. The molecular formula is C46H60ClF2N7O8S. The molecule has 4 N–H and O–H groups in total. The quantitative estimate of drug-likeness (QED) is 0.117. The van der Waals surface area contributed by atoms with Gasteiger partial charge in [-0.3, -0.25) is 14.5 Å². The van der Waals surface area contributed by atoms with Crippen LogP contribution in [0.25, 0.3) is 22.3 Å². The fourth-order valence-electron chi connectivity index (χ4n) is 9.87. The Hall–Kier alpha value is -4.55. The van der Waals surface area contributed by atoms with E-state index in [1.807, 2.05) is 46.9 Å². The normalized spacial score (nSPS) is 28.7. The highest BCUT2D eigenvalue weighted by Crippen LogP contribution is 2.50. The van der Waals surface area contributed by atoms with E-state index < -0.39 is 65.0 Å². The van der Waals surface area contributed by atoms with Gasteiger partial charge in [-0.25, -0.2) is 28.3 Å². The van der Waals surface area contributed by atoms with Crippen molar-refractivity contribution in [3.05, 3.63) is 28.6 Å². The maximum Gasteiger partial charge on any atom is 0.408 e. The monoisotopic (exact) mass is 943 g/mol. The van der Waals surface area contributed by atoms with Gasteiger partial charge >= 0.3 is 12.1 Å². The van der Waals surface area contributed by atoms with Crippen molar-refractivity contribution in [3.8, 4) is 22.9 Å². The number of pyridine rings is 1. The summed E-state index contributed by atoms with van der Waals surface area (Å²) >= 11 is 8.43. The lowest BCUT2D eigenvalue weighted by Crippen LogP contribution is -2.59. The van der Waals surface area contributed by atoms with Crippen molar-refractivity contribution in [1.29, 1.82) is 0 Å². The van der Waals surface area contributed by atoms with Crippen LogP contribution >= 0.6 is 22.9 Å². The van der Waals surface area contributed by atoms with E-state index in [0.717, 1.165) is 25.7 Å². The second-order valence-electron chi connectivity index (χ2n) is 20.2. The number of alkyl halides is 2.